The van der Waals surface area contributed by atoms with Crippen LogP contribution in [0.2, 0.25) is 0 Å². The molecule has 1 aliphatic carbocycles. The van der Waals surface area contributed by atoms with E-state index in [4.69, 9.17) is 4.42 Å². The molecule has 0 radical (unpaired) electrons. The molecule has 12 aromatic rings. The average Bonchev–Trinajstić information content (AvgIpc) is 3.82. The van der Waals surface area contributed by atoms with Gasteiger partial charge in [0.05, 0.1) is 0 Å². The number of furan rings is 1. The second-order valence-corrected chi connectivity index (χ2v) is 17.5. The highest BCUT2D eigenvalue weighted by Crippen LogP contribution is 2.57. The van der Waals surface area contributed by atoms with Crippen LogP contribution in [0.25, 0.3) is 121 Å². The summed E-state index contributed by atoms with van der Waals surface area (Å²) in [5, 5.41) is 12.5. The van der Waals surface area contributed by atoms with Gasteiger partial charge in [0, 0.05) is 16.2 Å². The van der Waals surface area contributed by atoms with Gasteiger partial charge in [-0.15, -0.1) is 0 Å². The molecule has 13 rings (SSSR count). The predicted octanol–water partition coefficient (Wildman–Crippen LogP) is 17.2. The lowest BCUT2D eigenvalue weighted by atomic mass is 9.79. The van der Waals surface area contributed by atoms with Crippen LogP contribution in [0.3, 0.4) is 0 Å². The fourth-order valence-corrected chi connectivity index (χ4v) is 11.2. The molecule has 290 valence electrons. The highest BCUT2D eigenvalue weighted by molar-refractivity contribution is 6.23. The number of fused-ring (bicyclic) bond motifs is 13. The molecule has 11 aromatic carbocycles. The summed E-state index contributed by atoms with van der Waals surface area (Å²) in [5.74, 6) is 0. The van der Waals surface area contributed by atoms with Crippen LogP contribution in [0.5, 0.6) is 0 Å². The number of rotatable bonds is 4. The lowest BCUT2D eigenvalue weighted by Crippen LogP contribution is -2.15. The molecule has 0 aliphatic heterocycles. The van der Waals surface area contributed by atoms with Gasteiger partial charge in [0.1, 0.15) is 11.2 Å². The Kier molecular flexibility index (Phi) is 7.42. The molecule has 0 bridgehead atoms. The van der Waals surface area contributed by atoms with E-state index in [-0.39, 0.29) is 5.41 Å². The highest BCUT2D eigenvalue weighted by atomic mass is 16.3. The molecule has 0 N–H and O–H groups in total. The predicted molar refractivity (Wildman–Crippen MR) is 263 cm³/mol. The second-order valence-electron chi connectivity index (χ2n) is 17.5. The van der Waals surface area contributed by atoms with E-state index in [0.717, 1.165) is 21.9 Å². The van der Waals surface area contributed by atoms with Crippen LogP contribution in [-0.4, -0.2) is 0 Å². The molecule has 1 aromatic heterocycles. The van der Waals surface area contributed by atoms with Gasteiger partial charge in [-0.3, -0.25) is 0 Å². The quantitative estimate of drug-likeness (QED) is 0.128. The maximum absolute atomic E-state index is 6.24. The SMILES string of the molecule is CC1(C)c2cccc(-c3cccc(-c4c5ccccc5c(-c5ccccc5-c5ccc6oc7ccccc7c6c5)c5ccccc45)c3)c2-c2c1c1ccccc1c1ccccc21. The summed E-state index contributed by atoms with van der Waals surface area (Å²) in [7, 11) is 0. The first kappa shape index (κ1) is 35.1. The fraction of sp³-hybridized carbons (Fsp3) is 0.0492. The highest BCUT2D eigenvalue weighted by Gasteiger charge is 2.39. The van der Waals surface area contributed by atoms with Crippen molar-refractivity contribution in [1.82, 2.24) is 0 Å². The van der Waals surface area contributed by atoms with E-state index >= 15 is 0 Å². The Balaban J connectivity index is 1.03. The first-order chi connectivity index (χ1) is 30.5. The van der Waals surface area contributed by atoms with Crippen molar-refractivity contribution in [3.8, 4) is 55.6 Å². The summed E-state index contributed by atoms with van der Waals surface area (Å²) >= 11 is 0. The third kappa shape index (κ3) is 4.91. The van der Waals surface area contributed by atoms with Crippen LogP contribution in [0, 0.1) is 0 Å². The van der Waals surface area contributed by atoms with Gasteiger partial charge in [-0.2, -0.15) is 0 Å². The Bertz CT molecular complexity index is 3780. The second kappa shape index (κ2) is 13.1. The zero-order chi connectivity index (χ0) is 41.1. The summed E-state index contributed by atoms with van der Waals surface area (Å²) in [6, 6.07) is 76.1. The molecule has 1 aliphatic rings. The standard InChI is InChI=1S/C61H40O/c1-61(2)53-31-16-30-41(58(53)59-46-24-7-4-20-42(46)43-21-5-12-29-51(43)60(59)61)37-17-15-18-39(35-37)56-47-25-8-10-27-49(47)57(50-28-11-9-26-48(50)56)45-23-6-3-19-40(45)38-33-34-55-52(36-38)44-22-13-14-32-54(44)62-55/h3-36H,1-2H3. The van der Waals surface area contributed by atoms with Crippen molar-refractivity contribution in [2.45, 2.75) is 19.3 Å². The Morgan fingerprint density at radius 1 is 0.290 bits per heavy atom. The molecule has 0 saturated heterocycles. The largest absolute Gasteiger partial charge is 0.456 e. The molecule has 0 fully saturated rings. The maximum Gasteiger partial charge on any atom is 0.135 e. The van der Waals surface area contributed by atoms with Crippen LogP contribution >= 0.6 is 0 Å². The lowest BCUT2D eigenvalue weighted by molar-refractivity contribution is 0.666. The smallest absolute Gasteiger partial charge is 0.135 e. The zero-order valence-electron chi connectivity index (χ0n) is 34.5. The van der Waals surface area contributed by atoms with Crippen LogP contribution in [0.1, 0.15) is 25.0 Å². The first-order valence-electron chi connectivity index (χ1n) is 21.7. The van der Waals surface area contributed by atoms with Gasteiger partial charge in [0.15, 0.2) is 0 Å². The molecule has 0 unspecified atom stereocenters. The fourth-order valence-electron chi connectivity index (χ4n) is 11.2. The van der Waals surface area contributed by atoms with E-state index in [0.29, 0.717) is 0 Å². The van der Waals surface area contributed by atoms with E-state index in [2.05, 4.69) is 208 Å². The van der Waals surface area contributed by atoms with E-state index in [1.807, 2.05) is 12.1 Å². The summed E-state index contributed by atoms with van der Waals surface area (Å²) in [5.41, 5.74) is 17.0. The third-order valence-corrected chi connectivity index (χ3v) is 13.8. The van der Waals surface area contributed by atoms with E-state index in [1.165, 1.54) is 110 Å². The van der Waals surface area contributed by atoms with Gasteiger partial charge in [-0.25, -0.2) is 0 Å². The Hall–Kier alpha value is -7.74. The molecule has 62 heavy (non-hydrogen) atoms. The van der Waals surface area contributed by atoms with E-state index in [1.54, 1.807) is 0 Å². The third-order valence-electron chi connectivity index (χ3n) is 13.8. The summed E-state index contributed by atoms with van der Waals surface area (Å²) in [6.45, 7) is 4.82. The Morgan fingerprint density at radius 2 is 0.774 bits per heavy atom. The van der Waals surface area contributed by atoms with Gasteiger partial charge in [0.2, 0.25) is 0 Å². The minimum Gasteiger partial charge on any atom is -0.456 e. The number of hydrogen-bond donors (Lipinski definition) is 0. The van der Waals surface area contributed by atoms with Crippen molar-refractivity contribution >= 4 is 65.0 Å². The van der Waals surface area contributed by atoms with E-state index in [9.17, 15) is 0 Å². The Morgan fingerprint density at radius 3 is 1.48 bits per heavy atom. The van der Waals surface area contributed by atoms with Crippen molar-refractivity contribution < 1.29 is 4.42 Å². The summed E-state index contributed by atoms with van der Waals surface area (Å²) < 4.78 is 6.24. The molecular formula is C61H40O. The van der Waals surface area contributed by atoms with E-state index < -0.39 is 0 Å². The van der Waals surface area contributed by atoms with Crippen molar-refractivity contribution in [2.24, 2.45) is 0 Å². The first-order valence-corrected chi connectivity index (χ1v) is 21.7. The van der Waals surface area contributed by atoms with Crippen molar-refractivity contribution in [3.63, 3.8) is 0 Å². The summed E-state index contributed by atoms with van der Waals surface area (Å²) in [4.78, 5) is 0. The number of para-hydroxylation sites is 1. The van der Waals surface area contributed by atoms with Gasteiger partial charge in [-0.05, 0) is 134 Å². The minimum absolute atomic E-state index is 0.168. The van der Waals surface area contributed by atoms with Crippen molar-refractivity contribution in [3.05, 3.63) is 217 Å². The number of hydrogen-bond acceptors (Lipinski definition) is 1. The van der Waals surface area contributed by atoms with Crippen LogP contribution in [0.4, 0.5) is 0 Å². The van der Waals surface area contributed by atoms with Crippen molar-refractivity contribution in [2.75, 3.05) is 0 Å². The lowest BCUT2D eigenvalue weighted by Gasteiger charge is -2.24. The van der Waals surface area contributed by atoms with Gasteiger partial charge in [0.25, 0.3) is 0 Å². The molecule has 0 spiro atoms. The van der Waals surface area contributed by atoms with Gasteiger partial charge >= 0.3 is 0 Å². The van der Waals surface area contributed by atoms with Gasteiger partial charge in [-0.1, -0.05) is 196 Å². The molecular weight excluding hydrogens is 749 g/mol. The molecule has 1 nitrogen and oxygen atoms in total. The normalized spacial score (nSPS) is 13.1. The monoisotopic (exact) mass is 788 g/mol. The van der Waals surface area contributed by atoms with Crippen LogP contribution in [-0.2, 0) is 5.41 Å². The van der Waals surface area contributed by atoms with Gasteiger partial charge < -0.3 is 4.42 Å². The Labute approximate surface area is 360 Å². The maximum atomic E-state index is 6.24. The number of benzene rings is 11. The van der Waals surface area contributed by atoms with Crippen molar-refractivity contribution in [1.29, 1.82) is 0 Å². The molecule has 0 atom stereocenters. The molecule has 1 heteroatoms. The molecule has 0 saturated carbocycles. The molecule has 0 amide bonds. The van der Waals surface area contributed by atoms with Crippen LogP contribution < -0.4 is 0 Å². The molecule has 1 heterocycles. The average molecular weight is 789 g/mol. The van der Waals surface area contributed by atoms with Crippen LogP contribution in [0.15, 0.2) is 211 Å². The minimum atomic E-state index is -0.168. The zero-order valence-corrected chi connectivity index (χ0v) is 34.5. The topological polar surface area (TPSA) is 13.1 Å². The summed E-state index contributed by atoms with van der Waals surface area (Å²) in [6.07, 6.45) is 0.